The maximum atomic E-state index is 8.97. The summed E-state index contributed by atoms with van der Waals surface area (Å²) in [5.41, 5.74) is 2.74. The smallest absolute Gasteiger partial charge is 0.0703 e. The van der Waals surface area contributed by atoms with Crippen molar-refractivity contribution >= 4 is 0 Å². The highest BCUT2D eigenvalue weighted by Gasteiger charge is 2.42. The molecule has 1 aliphatic rings. The van der Waals surface area contributed by atoms with Crippen LogP contribution in [-0.2, 0) is 6.42 Å². The van der Waals surface area contributed by atoms with Gasteiger partial charge >= 0.3 is 0 Å². The Balaban J connectivity index is 1.72. The van der Waals surface area contributed by atoms with Crippen LogP contribution in [0.1, 0.15) is 43.7 Å². The summed E-state index contributed by atoms with van der Waals surface area (Å²) in [6.07, 6.45) is 3.18. The van der Waals surface area contributed by atoms with Crippen molar-refractivity contribution in [1.82, 2.24) is 5.32 Å². The molecule has 0 aliphatic heterocycles. The molecule has 96 valence electrons. The molecule has 18 heavy (non-hydrogen) atoms. The monoisotopic (exact) mass is 242 g/mol. The Morgan fingerprint density at radius 3 is 2.44 bits per heavy atom. The fourth-order valence-corrected chi connectivity index (χ4v) is 2.11. The fraction of sp³-hybridized carbons (Fsp3) is 0.562. The summed E-state index contributed by atoms with van der Waals surface area (Å²) in [7, 11) is 0. The minimum absolute atomic E-state index is 0.0263. The van der Waals surface area contributed by atoms with E-state index in [0.29, 0.717) is 5.92 Å². The van der Waals surface area contributed by atoms with Crippen LogP contribution in [0.5, 0.6) is 0 Å². The zero-order valence-electron chi connectivity index (χ0n) is 11.4. The van der Waals surface area contributed by atoms with Gasteiger partial charge in [-0.25, -0.2) is 0 Å². The summed E-state index contributed by atoms with van der Waals surface area (Å²) in [4.78, 5) is 0. The summed E-state index contributed by atoms with van der Waals surface area (Å²) in [5, 5.41) is 12.4. The zero-order chi connectivity index (χ0) is 13.0. The van der Waals surface area contributed by atoms with Crippen molar-refractivity contribution in [1.29, 1.82) is 5.26 Å². The van der Waals surface area contributed by atoms with Gasteiger partial charge in [-0.05, 0) is 42.9 Å². The SMILES string of the molecule is CC(C)c1ccc(CCNCC2(C#N)CC2)cc1. The van der Waals surface area contributed by atoms with E-state index in [9.17, 15) is 0 Å². The van der Waals surface area contributed by atoms with Crippen LogP contribution in [-0.4, -0.2) is 13.1 Å². The summed E-state index contributed by atoms with van der Waals surface area (Å²) in [6.45, 7) is 6.25. The molecule has 1 aromatic carbocycles. The second-order valence-corrected chi connectivity index (χ2v) is 5.72. The Bertz CT molecular complexity index is 421. The van der Waals surface area contributed by atoms with Crippen molar-refractivity contribution < 1.29 is 0 Å². The van der Waals surface area contributed by atoms with Crippen LogP contribution in [0.25, 0.3) is 0 Å². The standard InChI is InChI=1S/C16H22N2/c1-13(2)15-5-3-14(4-6-15)7-10-18-12-16(11-17)8-9-16/h3-6,13,18H,7-10,12H2,1-2H3. The van der Waals surface area contributed by atoms with E-state index in [4.69, 9.17) is 5.26 Å². The minimum atomic E-state index is -0.0263. The summed E-state index contributed by atoms with van der Waals surface area (Å²) in [5.74, 6) is 0.600. The third-order valence-electron chi connectivity index (χ3n) is 3.79. The van der Waals surface area contributed by atoms with Gasteiger partial charge in [-0.3, -0.25) is 0 Å². The lowest BCUT2D eigenvalue weighted by Crippen LogP contribution is -2.25. The van der Waals surface area contributed by atoms with Crippen molar-refractivity contribution in [3.8, 4) is 6.07 Å². The van der Waals surface area contributed by atoms with Gasteiger partial charge in [-0.15, -0.1) is 0 Å². The zero-order valence-corrected chi connectivity index (χ0v) is 11.4. The topological polar surface area (TPSA) is 35.8 Å². The minimum Gasteiger partial charge on any atom is -0.315 e. The van der Waals surface area contributed by atoms with E-state index >= 15 is 0 Å². The Morgan fingerprint density at radius 2 is 1.94 bits per heavy atom. The van der Waals surface area contributed by atoms with Crippen molar-refractivity contribution in [2.75, 3.05) is 13.1 Å². The van der Waals surface area contributed by atoms with Gasteiger partial charge in [0.15, 0.2) is 0 Å². The van der Waals surface area contributed by atoms with Crippen molar-refractivity contribution in [2.24, 2.45) is 5.41 Å². The average Bonchev–Trinajstić information content (AvgIpc) is 3.16. The van der Waals surface area contributed by atoms with Gasteiger partial charge in [0, 0.05) is 6.54 Å². The molecule has 1 aromatic rings. The molecule has 1 N–H and O–H groups in total. The van der Waals surface area contributed by atoms with E-state index in [0.717, 1.165) is 32.4 Å². The van der Waals surface area contributed by atoms with Gasteiger partial charge in [-0.1, -0.05) is 38.1 Å². The number of rotatable bonds is 6. The highest BCUT2D eigenvalue weighted by Crippen LogP contribution is 2.43. The van der Waals surface area contributed by atoms with Gasteiger partial charge in [-0.2, -0.15) is 5.26 Å². The van der Waals surface area contributed by atoms with E-state index in [-0.39, 0.29) is 5.41 Å². The molecular formula is C16H22N2. The van der Waals surface area contributed by atoms with Crippen molar-refractivity contribution in [3.05, 3.63) is 35.4 Å². The number of hydrogen-bond acceptors (Lipinski definition) is 2. The lowest BCUT2D eigenvalue weighted by Gasteiger charge is -2.09. The Hall–Kier alpha value is -1.33. The quantitative estimate of drug-likeness (QED) is 0.777. The number of nitriles is 1. The highest BCUT2D eigenvalue weighted by atomic mass is 14.9. The van der Waals surface area contributed by atoms with Crippen LogP contribution in [0.3, 0.4) is 0 Å². The van der Waals surface area contributed by atoms with Crippen LogP contribution in [0.15, 0.2) is 24.3 Å². The molecule has 0 saturated heterocycles. The fourth-order valence-electron chi connectivity index (χ4n) is 2.11. The van der Waals surface area contributed by atoms with Crippen LogP contribution in [0, 0.1) is 16.7 Å². The maximum absolute atomic E-state index is 8.97. The van der Waals surface area contributed by atoms with E-state index in [1.807, 2.05) is 0 Å². The third kappa shape index (κ3) is 3.34. The first kappa shape index (κ1) is 13.1. The van der Waals surface area contributed by atoms with E-state index in [1.165, 1.54) is 11.1 Å². The normalized spacial score (nSPS) is 16.6. The molecule has 2 rings (SSSR count). The van der Waals surface area contributed by atoms with Crippen LogP contribution < -0.4 is 5.32 Å². The van der Waals surface area contributed by atoms with E-state index < -0.39 is 0 Å². The van der Waals surface area contributed by atoms with E-state index in [2.05, 4.69) is 49.5 Å². The van der Waals surface area contributed by atoms with Crippen LogP contribution in [0.2, 0.25) is 0 Å². The lowest BCUT2D eigenvalue weighted by molar-refractivity contribution is 0.560. The van der Waals surface area contributed by atoms with Gasteiger partial charge in [0.1, 0.15) is 0 Å². The Labute approximate surface area is 110 Å². The number of nitrogens with one attached hydrogen (secondary N) is 1. The molecule has 0 atom stereocenters. The van der Waals surface area contributed by atoms with Gasteiger partial charge in [0.25, 0.3) is 0 Å². The van der Waals surface area contributed by atoms with Gasteiger partial charge in [0.05, 0.1) is 11.5 Å². The van der Waals surface area contributed by atoms with Gasteiger partial charge < -0.3 is 5.32 Å². The predicted octanol–water partition coefficient (Wildman–Crippen LogP) is 3.25. The summed E-state index contributed by atoms with van der Waals surface area (Å²) < 4.78 is 0. The predicted molar refractivity (Wildman–Crippen MR) is 74.4 cm³/mol. The molecule has 1 saturated carbocycles. The maximum Gasteiger partial charge on any atom is 0.0703 e. The molecule has 2 heteroatoms. The Kier molecular flexibility index (Phi) is 4.04. The molecule has 0 heterocycles. The number of benzene rings is 1. The number of hydrogen-bond donors (Lipinski definition) is 1. The highest BCUT2D eigenvalue weighted by molar-refractivity contribution is 5.24. The molecule has 1 fully saturated rings. The molecule has 0 radical (unpaired) electrons. The third-order valence-corrected chi connectivity index (χ3v) is 3.79. The lowest BCUT2D eigenvalue weighted by atomic mass is 10.0. The first-order valence-electron chi connectivity index (χ1n) is 6.86. The molecule has 0 spiro atoms. The summed E-state index contributed by atoms with van der Waals surface area (Å²) >= 11 is 0. The number of nitrogens with zero attached hydrogens (tertiary/aromatic N) is 1. The van der Waals surface area contributed by atoms with Crippen LogP contribution in [0.4, 0.5) is 0 Å². The largest absolute Gasteiger partial charge is 0.315 e. The first-order chi connectivity index (χ1) is 8.65. The average molecular weight is 242 g/mol. The molecule has 0 aromatic heterocycles. The van der Waals surface area contributed by atoms with Gasteiger partial charge in [0.2, 0.25) is 0 Å². The first-order valence-corrected chi connectivity index (χ1v) is 6.86. The molecule has 0 amide bonds. The molecule has 2 nitrogen and oxygen atoms in total. The van der Waals surface area contributed by atoms with E-state index in [1.54, 1.807) is 0 Å². The summed E-state index contributed by atoms with van der Waals surface area (Å²) in [6, 6.07) is 11.3. The molecule has 0 bridgehead atoms. The van der Waals surface area contributed by atoms with Crippen molar-refractivity contribution in [3.63, 3.8) is 0 Å². The molecule has 1 aliphatic carbocycles. The van der Waals surface area contributed by atoms with Crippen LogP contribution >= 0.6 is 0 Å². The molecule has 0 unspecified atom stereocenters. The second kappa shape index (κ2) is 5.54. The second-order valence-electron chi connectivity index (χ2n) is 5.72. The molecular weight excluding hydrogens is 220 g/mol. The Morgan fingerprint density at radius 1 is 1.28 bits per heavy atom. The van der Waals surface area contributed by atoms with Crippen molar-refractivity contribution in [2.45, 2.75) is 39.0 Å².